The topological polar surface area (TPSA) is 29.1 Å². The van der Waals surface area contributed by atoms with Crippen molar-refractivity contribution in [2.24, 2.45) is 0 Å². The van der Waals surface area contributed by atoms with E-state index in [9.17, 15) is 9.18 Å². The van der Waals surface area contributed by atoms with Gasteiger partial charge in [-0.2, -0.15) is 0 Å². The third kappa shape index (κ3) is 4.60. The monoisotopic (exact) mass is 197 g/mol. The van der Waals surface area contributed by atoms with Crippen molar-refractivity contribution in [1.29, 1.82) is 0 Å². The highest BCUT2D eigenvalue weighted by molar-refractivity contribution is 5.90. The lowest BCUT2D eigenvalue weighted by Crippen LogP contribution is -2.09. The summed E-state index contributed by atoms with van der Waals surface area (Å²) < 4.78 is 12.4. The molecular formula is C11H16FNO. The molecule has 0 radical (unpaired) electrons. The molecule has 0 atom stereocenters. The maximum Gasteiger partial charge on any atom is 0.224 e. The van der Waals surface area contributed by atoms with Crippen LogP contribution in [0.4, 0.5) is 10.1 Å². The van der Waals surface area contributed by atoms with Crippen molar-refractivity contribution in [2.75, 3.05) is 5.32 Å². The summed E-state index contributed by atoms with van der Waals surface area (Å²) in [5.41, 5.74) is 0.628. The molecule has 0 saturated carbocycles. The van der Waals surface area contributed by atoms with Crippen LogP contribution in [0.1, 0.15) is 27.2 Å². The number of carbonyl (C=O) groups excluding carboxylic acids is 1. The maximum absolute atomic E-state index is 12.4. The van der Waals surface area contributed by atoms with Crippen LogP contribution in [0.3, 0.4) is 0 Å². The number of rotatable bonds is 2. The summed E-state index contributed by atoms with van der Waals surface area (Å²) in [6, 6.07) is 5.68. The van der Waals surface area contributed by atoms with Gasteiger partial charge in [-0.15, -0.1) is 0 Å². The van der Waals surface area contributed by atoms with E-state index in [2.05, 4.69) is 5.32 Å². The van der Waals surface area contributed by atoms with Gasteiger partial charge in [0, 0.05) is 12.1 Å². The summed E-state index contributed by atoms with van der Waals surface area (Å²) in [5, 5.41) is 2.61. The van der Waals surface area contributed by atoms with Crippen LogP contribution in [0.2, 0.25) is 0 Å². The SMILES string of the molecule is CC.CCC(=O)Nc1ccc(F)cc1. The fourth-order valence-corrected chi connectivity index (χ4v) is 0.783. The average Bonchev–Trinajstić information content (AvgIpc) is 2.24. The molecule has 0 aliphatic heterocycles. The normalized spacial score (nSPS) is 8.57. The molecule has 0 bridgehead atoms. The largest absolute Gasteiger partial charge is 0.326 e. The molecular weight excluding hydrogens is 181 g/mol. The first-order valence-electron chi connectivity index (χ1n) is 4.78. The summed E-state index contributed by atoms with van der Waals surface area (Å²) in [4.78, 5) is 10.9. The van der Waals surface area contributed by atoms with Crippen molar-refractivity contribution in [3.8, 4) is 0 Å². The van der Waals surface area contributed by atoms with Crippen molar-refractivity contribution in [3.63, 3.8) is 0 Å². The number of nitrogens with one attached hydrogen (secondary N) is 1. The zero-order valence-electron chi connectivity index (χ0n) is 8.80. The molecule has 1 N–H and O–H groups in total. The molecule has 2 nitrogen and oxygen atoms in total. The predicted molar refractivity (Wildman–Crippen MR) is 56.7 cm³/mol. The first-order chi connectivity index (χ1) is 6.72. The molecule has 1 rings (SSSR count). The molecule has 14 heavy (non-hydrogen) atoms. The quantitative estimate of drug-likeness (QED) is 0.775. The Bertz CT molecular complexity index is 269. The molecule has 0 spiro atoms. The van der Waals surface area contributed by atoms with Crippen LogP contribution in [0.5, 0.6) is 0 Å². The number of hydrogen-bond acceptors (Lipinski definition) is 1. The second-order valence-electron chi connectivity index (χ2n) is 2.41. The highest BCUT2D eigenvalue weighted by Crippen LogP contribution is 2.07. The first kappa shape index (κ1) is 12.6. The van der Waals surface area contributed by atoms with Crippen LogP contribution in [0.25, 0.3) is 0 Å². The minimum atomic E-state index is -0.301. The van der Waals surface area contributed by atoms with Gasteiger partial charge in [-0.1, -0.05) is 20.8 Å². The summed E-state index contributed by atoms with van der Waals surface area (Å²) >= 11 is 0. The Balaban J connectivity index is 0.000000791. The highest BCUT2D eigenvalue weighted by atomic mass is 19.1. The van der Waals surface area contributed by atoms with Gasteiger partial charge in [0.05, 0.1) is 0 Å². The van der Waals surface area contributed by atoms with Crippen molar-refractivity contribution in [1.82, 2.24) is 0 Å². The third-order valence-electron chi connectivity index (χ3n) is 1.45. The molecule has 0 aliphatic carbocycles. The number of amides is 1. The van der Waals surface area contributed by atoms with E-state index < -0.39 is 0 Å². The summed E-state index contributed by atoms with van der Waals surface area (Å²) in [6.07, 6.45) is 0.428. The van der Waals surface area contributed by atoms with Gasteiger partial charge in [-0.3, -0.25) is 4.79 Å². The Kier molecular flexibility index (Phi) is 6.37. The van der Waals surface area contributed by atoms with Gasteiger partial charge in [-0.05, 0) is 24.3 Å². The Morgan fingerprint density at radius 3 is 2.21 bits per heavy atom. The van der Waals surface area contributed by atoms with Gasteiger partial charge in [0.15, 0.2) is 0 Å². The van der Waals surface area contributed by atoms with E-state index in [1.165, 1.54) is 24.3 Å². The summed E-state index contributed by atoms with van der Waals surface area (Å²) in [5.74, 6) is -0.369. The van der Waals surface area contributed by atoms with E-state index in [0.29, 0.717) is 12.1 Å². The number of halogens is 1. The predicted octanol–water partition coefficient (Wildman–Crippen LogP) is 3.20. The van der Waals surface area contributed by atoms with Gasteiger partial charge >= 0.3 is 0 Å². The molecule has 1 amide bonds. The summed E-state index contributed by atoms with van der Waals surface area (Å²) in [7, 11) is 0. The van der Waals surface area contributed by atoms with Crippen LogP contribution >= 0.6 is 0 Å². The van der Waals surface area contributed by atoms with E-state index in [1.54, 1.807) is 6.92 Å². The van der Waals surface area contributed by atoms with E-state index in [-0.39, 0.29) is 11.7 Å². The van der Waals surface area contributed by atoms with Crippen molar-refractivity contribution < 1.29 is 9.18 Å². The molecule has 0 unspecified atom stereocenters. The van der Waals surface area contributed by atoms with Gasteiger partial charge in [-0.25, -0.2) is 4.39 Å². The lowest BCUT2D eigenvalue weighted by molar-refractivity contribution is -0.115. The molecule has 1 aromatic carbocycles. The zero-order chi connectivity index (χ0) is 11.0. The second-order valence-corrected chi connectivity index (χ2v) is 2.41. The minimum absolute atomic E-state index is 0.0680. The van der Waals surface area contributed by atoms with Crippen molar-refractivity contribution >= 4 is 11.6 Å². The molecule has 0 heterocycles. The molecule has 0 aliphatic rings. The van der Waals surface area contributed by atoms with Crippen LogP contribution in [0.15, 0.2) is 24.3 Å². The minimum Gasteiger partial charge on any atom is -0.326 e. The van der Waals surface area contributed by atoms with E-state index >= 15 is 0 Å². The van der Waals surface area contributed by atoms with Gasteiger partial charge in [0.2, 0.25) is 5.91 Å². The van der Waals surface area contributed by atoms with Crippen LogP contribution < -0.4 is 5.32 Å². The van der Waals surface area contributed by atoms with Crippen molar-refractivity contribution in [3.05, 3.63) is 30.1 Å². The third-order valence-corrected chi connectivity index (χ3v) is 1.45. The fourth-order valence-electron chi connectivity index (χ4n) is 0.783. The average molecular weight is 197 g/mol. The second kappa shape index (κ2) is 7.06. The summed E-state index contributed by atoms with van der Waals surface area (Å²) in [6.45, 7) is 5.76. The molecule has 78 valence electrons. The Labute approximate surface area is 84.1 Å². The molecule has 3 heteroatoms. The lowest BCUT2D eigenvalue weighted by Gasteiger charge is -2.01. The smallest absolute Gasteiger partial charge is 0.224 e. The van der Waals surface area contributed by atoms with Crippen LogP contribution in [-0.2, 0) is 4.79 Å². The number of hydrogen-bond donors (Lipinski definition) is 1. The van der Waals surface area contributed by atoms with Gasteiger partial charge < -0.3 is 5.32 Å². The standard InChI is InChI=1S/C9H10FNO.C2H6/c1-2-9(12)11-8-5-3-7(10)4-6-8;1-2/h3-6H,2H2,1H3,(H,11,12);1-2H3. The Hall–Kier alpha value is -1.38. The Morgan fingerprint density at radius 1 is 1.29 bits per heavy atom. The molecule has 0 saturated heterocycles. The van der Waals surface area contributed by atoms with Gasteiger partial charge in [0.25, 0.3) is 0 Å². The fraction of sp³-hybridized carbons (Fsp3) is 0.364. The first-order valence-corrected chi connectivity index (χ1v) is 4.78. The van der Waals surface area contributed by atoms with Crippen molar-refractivity contribution in [2.45, 2.75) is 27.2 Å². The number of carbonyl (C=O) groups is 1. The van der Waals surface area contributed by atoms with E-state index in [4.69, 9.17) is 0 Å². The highest BCUT2D eigenvalue weighted by Gasteiger charge is 1.97. The van der Waals surface area contributed by atoms with Crippen LogP contribution in [-0.4, -0.2) is 5.91 Å². The van der Waals surface area contributed by atoms with E-state index in [1.807, 2.05) is 13.8 Å². The van der Waals surface area contributed by atoms with Gasteiger partial charge in [0.1, 0.15) is 5.82 Å². The molecule has 0 fully saturated rings. The Morgan fingerprint density at radius 2 is 1.79 bits per heavy atom. The molecule has 1 aromatic rings. The van der Waals surface area contributed by atoms with E-state index in [0.717, 1.165) is 0 Å². The lowest BCUT2D eigenvalue weighted by atomic mass is 10.3. The number of anilines is 1. The van der Waals surface area contributed by atoms with Crippen LogP contribution in [0, 0.1) is 5.82 Å². The number of benzene rings is 1. The zero-order valence-corrected chi connectivity index (χ0v) is 8.80. The molecule has 0 aromatic heterocycles. The maximum atomic E-state index is 12.4.